The zero-order chi connectivity index (χ0) is 15.1. The molecule has 2 fully saturated rings. The zero-order valence-electron chi connectivity index (χ0n) is 12.7. The van der Waals surface area contributed by atoms with E-state index < -0.39 is 0 Å². The number of likely N-dealkylation sites (tertiary alicyclic amines) is 1. The second-order valence-corrected chi connectivity index (χ2v) is 7.39. The Kier molecular flexibility index (Phi) is 3.62. The van der Waals surface area contributed by atoms with Gasteiger partial charge < -0.3 is 4.74 Å². The number of hydrogen-bond donors (Lipinski definition) is 0. The Labute approximate surface area is 134 Å². The van der Waals surface area contributed by atoms with Crippen molar-refractivity contribution < 1.29 is 9.53 Å². The summed E-state index contributed by atoms with van der Waals surface area (Å²) in [5, 5.41) is 1.25. The summed E-state index contributed by atoms with van der Waals surface area (Å²) in [5.74, 6) is 0.495. The van der Waals surface area contributed by atoms with Gasteiger partial charge in [0.25, 0.3) is 0 Å². The van der Waals surface area contributed by atoms with Gasteiger partial charge in [0.1, 0.15) is 12.1 Å². The molecule has 2 saturated heterocycles. The molecule has 0 radical (unpaired) electrons. The Balaban J connectivity index is 1.44. The molecule has 0 unspecified atom stereocenters. The van der Waals surface area contributed by atoms with E-state index in [0.29, 0.717) is 5.92 Å². The van der Waals surface area contributed by atoms with Crippen molar-refractivity contribution in [2.45, 2.75) is 44.2 Å². The summed E-state index contributed by atoms with van der Waals surface area (Å²) >= 11 is 1.82. The monoisotopic (exact) mass is 316 g/mol. The highest BCUT2D eigenvalue weighted by molar-refractivity contribution is 7.18. The first-order valence-electron chi connectivity index (χ1n) is 8.01. The maximum absolute atomic E-state index is 11.9. The maximum Gasteiger partial charge on any atom is 0.323 e. The summed E-state index contributed by atoms with van der Waals surface area (Å²) in [6.45, 7) is 3.91. The van der Waals surface area contributed by atoms with Gasteiger partial charge in [0.2, 0.25) is 0 Å². The molecule has 2 atom stereocenters. The zero-order valence-corrected chi connectivity index (χ0v) is 13.5. The fourth-order valence-corrected chi connectivity index (χ4v) is 4.69. The number of rotatable bonds is 2. The van der Waals surface area contributed by atoms with Gasteiger partial charge in [-0.15, -0.1) is 11.3 Å². The largest absolute Gasteiger partial charge is 0.461 e. The first kappa shape index (κ1) is 14.2. The van der Waals surface area contributed by atoms with Crippen LogP contribution in [0.5, 0.6) is 0 Å². The van der Waals surface area contributed by atoms with Crippen LogP contribution in [-0.4, -0.2) is 41.1 Å². The lowest BCUT2D eigenvalue weighted by atomic mass is 9.96. The molecule has 116 valence electrons. The van der Waals surface area contributed by atoms with Crippen LogP contribution in [0, 0.1) is 0 Å². The van der Waals surface area contributed by atoms with Crippen LogP contribution < -0.4 is 0 Å². The van der Waals surface area contributed by atoms with Gasteiger partial charge in [-0.1, -0.05) is 12.1 Å². The number of carbonyl (C=O) groups excluding carboxylic acids is 1. The van der Waals surface area contributed by atoms with Crippen LogP contribution in [-0.2, 0) is 9.53 Å². The summed E-state index contributed by atoms with van der Waals surface area (Å²) in [6.07, 6.45) is 3.07. The summed E-state index contributed by atoms with van der Waals surface area (Å²) in [4.78, 5) is 19.0. The molecule has 22 heavy (non-hydrogen) atoms. The number of thiazole rings is 1. The van der Waals surface area contributed by atoms with Crippen LogP contribution in [0.15, 0.2) is 24.3 Å². The average molecular weight is 316 g/mol. The van der Waals surface area contributed by atoms with Gasteiger partial charge in [-0.05, 0) is 45.0 Å². The molecule has 1 aromatic heterocycles. The first-order valence-corrected chi connectivity index (χ1v) is 8.82. The van der Waals surface area contributed by atoms with Crippen molar-refractivity contribution in [3.63, 3.8) is 0 Å². The third-order valence-electron chi connectivity index (χ3n) is 4.77. The molecular weight excluding hydrogens is 296 g/mol. The number of hydrogen-bond acceptors (Lipinski definition) is 5. The molecule has 5 heteroatoms. The van der Waals surface area contributed by atoms with Crippen LogP contribution in [0.25, 0.3) is 10.2 Å². The highest BCUT2D eigenvalue weighted by Crippen LogP contribution is 2.35. The molecule has 2 aliphatic heterocycles. The molecule has 2 aromatic rings. The van der Waals surface area contributed by atoms with Gasteiger partial charge in [0, 0.05) is 12.3 Å². The number of benzene rings is 1. The number of para-hydroxylation sites is 1. The van der Waals surface area contributed by atoms with Crippen molar-refractivity contribution in [3.05, 3.63) is 29.3 Å². The molecule has 0 saturated carbocycles. The van der Waals surface area contributed by atoms with Crippen molar-refractivity contribution in [1.29, 1.82) is 0 Å². The van der Waals surface area contributed by atoms with Gasteiger partial charge in [-0.3, -0.25) is 9.69 Å². The van der Waals surface area contributed by atoms with Crippen LogP contribution in [0.2, 0.25) is 0 Å². The summed E-state index contributed by atoms with van der Waals surface area (Å²) < 4.78 is 6.56. The molecule has 0 bridgehead atoms. The quantitative estimate of drug-likeness (QED) is 0.798. The highest BCUT2D eigenvalue weighted by atomic mass is 32.1. The molecule has 4 rings (SSSR count). The number of cyclic esters (lactones) is 1. The molecule has 0 N–H and O–H groups in total. The van der Waals surface area contributed by atoms with E-state index in [9.17, 15) is 4.79 Å². The molecule has 4 nitrogen and oxygen atoms in total. The predicted molar refractivity (Wildman–Crippen MR) is 87.1 cm³/mol. The number of carbonyl (C=O) groups is 1. The van der Waals surface area contributed by atoms with E-state index in [-0.39, 0.29) is 18.1 Å². The topological polar surface area (TPSA) is 42.4 Å². The highest BCUT2D eigenvalue weighted by Gasteiger charge is 2.38. The minimum Gasteiger partial charge on any atom is -0.461 e. The number of aromatic nitrogens is 1. The van der Waals surface area contributed by atoms with Crippen LogP contribution in [0.3, 0.4) is 0 Å². The van der Waals surface area contributed by atoms with Crippen LogP contribution in [0.4, 0.5) is 0 Å². The Morgan fingerprint density at radius 2 is 2.05 bits per heavy atom. The lowest BCUT2D eigenvalue weighted by Crippen LogP contribution is -2.43. The summed E-state index contributed by atoms with van der Waals surface area (Å²) in [5.41, 5.74) is 1.11. The summed E-state index contributed by atoms with van der Waals surface area (Å²) in [7, 11) is 0. The van der Waals surface area contributed by atoms with E-state index >= 15 is 0 Å². The van der Waals surface area contributed by atoms with Crippen LogP contribution in [0.1, 0.15) is 37.1 Å². The number of piperidine rings is 1. The van der Waals surface area contributed by atoms with Gasteiger partial charge in [-0.2, -0.15) is 0 Å². The number of fused-ring (bicyclic) bond motifs is 1. The molecule has 1 aromatic carbocycles. The maximum atomic E-state index is 11.9. The minimum atomic E-state index is -0.0362. The normalized spacial score (nSPS) is 27.4. The lowest BCUT2D eigenvalue weighted by molar-refractivity contribution is -0.145. The second kappa shape index (κ2) is 5.63. The third kappa shape index (κ3) is 2.52. The van der Waals surface area contributed by atoms with Crippen molar-refractivity contribution in [2.24, 2.45) is 0 Å². The van der Waals surface area contributed by atoms with E-state index in [1.165, 1.54) is 9.71 Å². The fraction of sp³-hybridized carbons (Fsp3) is 0.529. The fourth-order valence-electron chi connectivity index (χ4n) is 3.56. The average Bonchev–Trinajstić information content (AvgIpc) is 3.10. The number of nitrogens with zero attached hydrogens (tertiary/aromatic N) is 2. The van der Waals surface area contributed by atoms with Gasteiger partial charge >= 0.3 is 5.97 Å². The number of esters is 1. The minimum absolute atomic E-state index is 0.0219. The van der Waals surface area contributed by atoms with E-state index in [4.69, 9.17) is 9.72 Å². The third-order valence-corrected chi connectivity index (χ3v) is 5.97. The Morgan fingerprint density at radius 1 is 1.27 bits per heavy atom. The van der Waals surface area contributed by atoms with Gasteiger partial charge in [-0.25, -0.2) is 4.98 Å². The Bertz CT molecular complexity index is 658. The molecule has 2 aliphatic rings. The predicted octanol–water partition coefficient (Wildman–Crippen LogP) is 3.18. The van der Waals surface area contributed by atoms with E-state index in [1.54, 1.807) is 0 Å². The first-order chi connectivity index (χ1) is 10.7. The Morgan fingerprint density at radius 3 is 2.73 bits per heavy atom. The van der Waals surface area contributed by atoms with Crippen LogP contribution >= 0.6 is 11.3 Å². The van der Waals surface area contributed by atoms with E-state index in [2.05, 4.69) is 23.1 Å². The van der Waals surface area contributed by atoms with Gasteiger partial charge in [0.05, 0.1) is 15.2 Å². The summed E-state index contributed by atoms with van der Waals surface area (Å²) in [6, 6.07) is 8.31. The molecule has 0 amide bonds. The smallest absolute Gasteiger partial charge is 0.323 e. The molecule has 0 spiro atoms. The molecular formula is C17H20N2O2S. The van der Waals surface area contributed by atoms with Gasteiger partial charge in [0.15, 0.2) is 0 Å². The second-order valence-electron chi connectivity index (χ2n) is 6.33. The van der Waals surface area contributed by atoms with Crippen molar-refractivity contribution in [2.75, 3.05) is 13.1 Å². The lowest BCUT2D eigenvalue weighted by Gasteiger charge is -2.33. The van der Waals surface area contributed by atoms with E-state index in [1.807, 2.05) is 24.3 Å². The SMILES string of the molecule is C[C@@H]1C[C@H](N2CCC(c3nc4ccccc4s3)CC2)C(=O)O1. The Hall–Kier alpha value is -1.46. The van der Waals surface area contributed by atoms with Crippen molar-refractivity contribution >= 4 is 27.5 Å². The van der Waals surface area contributed by atoms with E-state index in [0.717, 1.165) is 37.9 Å². The van der Waals surface area contributed by atoms with Crippen molar-refractivity contribution in [1.82, 2.24) is 9.88 Å². The molecule has 3 heterocycles. The van der Waals surface area contributed by atoms with Crippen molar-refractivity contribution in [3.8, 4) is 0 Å². The standard InChI is InChI=1S/C17H20N2O2S/c1-11-10-14(17(20)21-11)19-8-6-12(7-9-19)16-18-13-4-2-3-5-15(13)22-16/h2-5,11-12,14H,6-10H2,1H3/t11-,14+/m1/s1. The number of ether oxygens (including phenoxy) is 1. The molecule has 0 aliphatic carbocycles.